The van der Waals surface area contributed by atoms with Crippen LogP contribution in [0.3, 0.4) is 0 Å². The molecule has 9 nitrogen and oxygen atoms in total. The second-order valence-electron chi connectivity index (χ2n) is 8.66. The Morgan fingerprint density at radius 3 is 2.56 bits per heavy atom. The van der Waals surface area contributed by atoms with Crippen LogP contribution in [0.1, 0.15) is 42.4 Å². The first-order chi connectivity index (χ1) is 17.4. The molecule has 0 unspecified atom stereocenters. The van der Waals surface area contributed by atoms with Crippen molar-refractivity contribution < 1.29 is 23.5 Å². The Bertz CT molecular complexity index is 1120. The van der Waals surface area contributed by atoms with Gasteiger partial charge in [-0.05, 0) is 50.1 Å². The zero-order chi connectivity index (χ0) is 25.7. The summed E-state index contributed by atoms with van der Waals surface area (Å²) in [6, 6.07) is 9.50. The number of esters is 1. The first-order valence-electron chi connectivity index (χ1n) is 12.2. The van der Waals surface area contributed by atoms with Crippen molar-refractivity contribution >= 4 is 29.5 Å². The molecule has 0 radical (unpaired) electrons. The number of ether oxygens (including phenoxy) is 1. The Morgan fingerprint density at radius 2 is 1.89 bits per heavy atom. The Balaban J connectivity index is 1.63. The smallest absolute Gasteiger partial charge is 0.338 e. The van der Waals surface area contributed by atoms with Gasteiger partial charge in [0, 0.05) is 50.0 Å². The lowest BCUT2D eigenvalue weighted by Crippen LogP contribution is -2.51. The van der Waals surface area contributed by atoms with Crippen molar-refractivity contribution in [2.45, 2.75) is 26.3 Å². The van der Waals surface area contributed by atoms with Gasteiger partial charge < -0.3 is 19.4 Å². The van der Waals surface area contributed by atoms with Crippen molar-refractivity contribution in [3.63, 3.8) is 0 Å². The van der Waals surface area contributed by atoms with Gasteiger partial charge in [0.25, 0.3) is 5.91 Å². The molecular formula is C26H31ClN4O5. The van der Waals surface area contributed by atoms with E-state index in [4.69, 9.17) is 20.8 Å². The number of urea groups is 1. The number of halogens is 1. The minimum Gasteiger partial charge on any atom is -0.463 e. The molecule has 2 aliphatic rings. The Kier molecular flexibility index (Phi) is 8.32. The molecule has 1 fully saturated rings. The molecule has 1 aromatic heterocycles. The van der Waals surface area contributed by atoms with E-state index >= 15 is 0 Å². The Morgan fingerprint density at radius 1 is 1.11 bits per heavy atom. The number of carbonyl (C=O) groups is 3. The topological polar surface area (TPSA) is 95.3 Å². The molecule has 3 heterocycles. The second kappa shape index (κ2) is 11.6. The van der Waals surface area contributed by atoms with E-state index < -0.39 is 12.0 Å². The third kappa shape index (κ3) is 5.57. The number of likely N-dealkylation sites (N-methyl/N-ethyl adjacent to an activating group) is 1. The molecule has 1 atom stereocenters. The highest BCUT2D eigenvalue weighted by atomic mass is 35.5. The zero-order valence-electron chi connectivity index (χ0n) is 20.5. The molecule has 0 saturated carbocycles. The Labute approximate surface area is 215 Å². The molecule has 1 saturated heterocycles. The highest BCUT2D eigenvalue weighted by Crippen LogP contribution is 2.32. The summed E-state index contributed by atoms with van der Waals surface area (Å²) in [7, 11) is 0. The molecule has 1 aromatic carbocycles. The summed E-state index contributed by atoms with van der Waals surface area (Å²) in [5.74, 6) is -0.277. The maximum atomic E-state index is 13.2. The van der Waals surface area contributed by atoms with Gasteiger partial charge in [0.05, 0.1) is 24.5 Å². The van der Waals surface area contributed by atoms with Crippen molar-refractivity contribution in [1.29, 1.82) is 0 Å². The van der Waals surface area contributed by atoms with Crippen LogP contribution in [0.15, 0.2) is 58.3 Å². The number of benzene rings is 1. The van der Waals surface area contributed by atoms with Crippen molar-refractivity contribution in [1.82, 2.24) is 20.0 Å². The molecular weight excluding hydrogens is 484 g/mol. The number of nitrogens with one attached hydrogen (secondary N) is 1. The van der Waals surface area contributed by atoms with E-state index in [1.807, 2.05) is 6.92 Å². The van der Waals surface area contributed by atoms with Gasteiger partial charge in [0.15, 0.2) is 5.76 Å². The molecule has 0 bridgehead atoms. The van der Waals surface area contributed by atoms with Crippen LogP contribution in [-0.4, -0.2) is 78.5 Å². The van der Waals surface area contributed by atoms with Gasteiger partial charge in [0.1, 0.15) is 0 Å². The molecule has 192 valence electrons. The SMILES string of the molecule is CCOC(=O)C1=C(CN2CCCN(C(=O)c3ccco3)CC2)N(CC)C(=O)N[C@@H]1c1ccc(Cl)cc1. The third-order valence-corrected chi connectivity index (χ3v) is 6.69. The van der Waals surface area contributed by atoms with E-state index in [1.54, 1.807) is 53.1 Å². The Hall–Kier alpha value is -3.30. The maximum Gasteiger partial charge on any atom is 0.338 e. The van der Waals surface area contributed by atoms with E-state index in [9.17, 15) is 14.4 Å². The van der Waals surface area contributed by atoms with E-state index in [1.165, 1.54) is 6.26 Å². The molecule has 1 N–H and O–H groups in total. The summed E-state index contributed by atoms with van der Waals surface area (Å²) in [4.78, 5) is 44.7. The lowest BCUT2D eigenvalue weighted by Gasteiger charge is -2.38. The highest BCUT2D eigenvalue weighted by molar-refractivity contribution is 6.30. The summed E-state index contributed by atoms with van der Waals surface area (Å²) in [6.45, 7) is 7.05. The summed E-state index contributed by atoms with van der Waals surface area (Å²) in [6.07, 6.45) is 2.25. The fourth-order valence-electron chi connectivity index (χ4n) is 4.66. The van der Waals surface area contributed by atoms with Crippen molar-refractivity contribution in [2.75, 3.05) is 45.9 Å². The third-order valence-electron chi connectivity index (χ3n) is 6.43. The van der Waals surface area contributed by atoms with E-state index in [0.717, 1.165) is 12.0 Å². The average molecular weight is 515 g/mol. The van der Waals surface area contributed by atoms with E-state index in [-0.39, 0.29) is 18.5 Å². The van der Waals surface area contributed by atoms with Crippen molar-refractivity contribution in [2.24, 2.45) is 0 Å². The normalized spacial score (nSPS) is 19.2. The molecule has 0 aliphatic carbocycles. The molecule has 36 heavy (non-hydrogen) atoms. The van der Waals surface area contributed by atoms with Gasteiger partial charge in [-0.3, -0.25) is 14.6 Å². The van der Waals surface area contributed by atoms with Crippen LogP contribution in [0.25, 0.3) is 0 Å². The summed E-state index contributed by atoms with van der Waals surface area (Å²) < 4.78 is 10.7. The predicted octanol–water partition coefficient (Wildman–Crippen LogP) is 3.68. The monoisotopic (exact) mass is 514 g/mol. The lowest BCUT2D eigenvalue weighted by molar-refractivity contribution is -0.139. The highest BCUT2D eigenvalue weighted by Gasteiger charge is 2.38. The van der Waals surface area contributed by atoms with Crippen LogP contribution in [0, 0.1) is 0 Å². The van der Waals surface area contributed by atoms with Gasteiger partial charge in [-0.2, -0.15) is 0 Å². The number of rotatable bonds is 7. The van der Waals surface area contributed by atoms with Gasteiger partial charge in [-0.25, -0.2) is 9.59 Å². The number of amides is 3. The molecule has 2 aromatic rings. The number of nitrogens with zero attached hydrogens (tertiary/aromatic N) is 3. The van der Waals surface area contributed by atoms with E-state index in [0.29, 0.717) is 61.3 Å². The van der Waals surface area contributed by atoms with Crippen LogP contribution in [0.4, 0.5) is 4.79 Å². The molecule has 3 amide bonds. The summed E-state index contributed by atoms with van der Waals surface area (Å²) >= 11 is 6.07. The fourth-order valence-corrected chi connectivity index (χ4v) is 4.79. The van der Waals surface area contributed by atoms with Gasteiger partial charge in [0.2, 0.25) is 0 Å². The number of carbonyl (C=O) groups excluding carboxylic acids is 3. The average Bonchev–Trinajstić information content (AvgIpc) is 3.31. The molecule has 10 heteroatoms. The number of hydrogen-bond acceptors (Lipinski definition) is 6. The van der Waals surface area contributed by atoms with Gasteiger partial charge in [-0.15, -0.1) is 0 Å². The minimum atomic E-state index is -0.657. The van der Waals surface area contributed by atoms with Crippen LogP contribution in [-0.2, 0) is 9.53 Å². The zero-order valence-corrected chi connectivity index (χ0v) is 21.3. The molecule has 0 spiro atoms. The second-order valence-corrected chi connectivity index (χ2v) is 9.09. The molecule has 4 rings (SSSR count). The fraction of sp³-hybridized carbons (Fsp3) is 0.423. The summed E-state index contributed by atoms with van der Waals surface area (Å²) in [5.41, 5.74) is 1.77. The van der Waals surface area contributed by atoms with Crippen molar-refractivity contribution in [3.8, 4) is 0 Å². The quantitative estimate of drug-likeness (QED) is 0.566. The van der Waals surface area contributed by atoms with Crippen molar-refractivity contribution in [3.05, 3.63) is 70.3 Å². The van der Waals surface area contributed by atoms with Crippen LogP contribution < -0.4 is 5.32 Å². The largest absolute Gasteiger partial charge is 0.463 e. The van der Waals surface area contributed by atoms with Crippen LogP contribution in [0.2, 0.25) is 5.02 Å². The molecule has 2 aliphatic heterocycles. The first-order valence-corrected chi connectivity index (χ1v) is 12.6. The predicted molar refractivity (Wildman–Crippen MR) is 134 cm³/mol. The minimum absolute atomic E-state index is 0.136. The van der Waals surface area contributed by atoms with Crippen LogP contribution in [0.5, 0.6) is 0 Å². The standard InChI is InChI=1S/C26H31ClN4O5/c1-3-31-20(17-29-12-6-13-30(15-14-29)24(32)21-7-5-16-36-21)22(25(33)35-4-2)23(28-26(31)34)18-8-10-19(27)11-9-18/h5,7-11,16,23H,3-4,6,12-15,17H2,1-2H3,(H,28,34)/t23-/m1/s1. The number of furan rings is 1. The first kappa shape index (κ1) is 25.8. The number of hydrogen-bond donors (Lipinski definition) is 1. The summed E-state index contributed by atoms with van der Waals surface area (Å²) in [5, 5.41) is 3.53. The lowest BCUT2D eigenvalue weighted by atomic mass is 9.94. The van der Waals surface area contributed by atoms with Crippen LogP contribution >= 0.6 is 11.6 Å². The van der Waals surface area contributed by atoms with Gasteiger partial charge in [-0.1, -0.05) is 23.7 Å². The van der Waals surface area contributed by atoms with Gasteiger partial charge >= 0.3 is 12.0 Å². The maximum absolute atomic E-state index is 13.2. The van der Waals surface area contributed by atoms with E-state index in [2.05, 4.69) is 10.2 Å².